The fraction of sp³-hybridized carbons (Fsp3) is 0.167. The van der Waals surface area contributed by atoms with E-state index in [0.717, 1.165) is 3.58 Å². The SMILES string of the molecule is O=C1NC=NC2C(I)=CN=C12. The topological polar surface area (TPSA) is 53.8 Å². The maximum atomic E-state index is 11.1. The van der Waals surface area contributed by atoms with Crippen LogP contribution in [0.5, 0.6) is 0 Å². The molecule has 0 bridgehead atoms. The number of hydrogen-bond donors (Lipinski definition) is 1. The van der Waals surface area contributed by atoms with Gasteiger partial charge >= 0.3 is 0 Å². The third-order valence-corrected chi connectivity index (χ3v) is 2.37. The molecule has 56 valence electrons. The van der Waals surface area contributed by atoms with Crippen molar-refractivity contribution in [1.82, 2.24) is 5.32 Å². The summed E-state index contributed by atoms with van der Waals surface area (Å²) in [6, 6.07) is -0.135. The molecule has 0 fully saturated rings. The summed E-state index contributed by atoms with van der Waals surface area (Å²) in [7, 11) is 0. The van der Waals surface area contributed by atoms with E-state index in [0.29, 0.717) is 5.71 Å². The summed E-state index contributed by atoms with van der Waals surface area (Å²) in [5.41, 5.74) is 0.497. The Morgan fingerprint density at radius 2 is 2.45 bits per heavy atom. The van der Waals surface area contributed by atoms with Crippen molar-refractivity contribution in [3.8, 4) is 0 Å². The number of hydrogen-bond acceptors (Lipinski definition) is 3. The summed E-state index contributed by atoms with van der Waals surface area (Å²) < 4.78 is 0.990. The van der Waals surface area contributed by atoms with Gasteiger partial charge in [-0.2, -0.15) is 0 Å². The molecular weight excluding hydrogens is 257 g/mol. The summed E-state index contributed by atoms with van der Waals surface area (Å²) in [5.74, 6) is -0.145. The first-order valence-corrected chi connectivity index (χ1v) is 4.12. The van der Waals surface area contributed by atoms with Crippen LogP contribution in [-0.2, 0) is 4.79 Å². The summed E-state index contributed by atoms with van der Waals surface area (Å²) in [4.78, 5) is 19.1. The minimum atomic E-state index is -0.145. The standard InChI is InChI=1S/C6H4IN3O/c7-3-1-8-5-4(3)9-2-10-6(5)11/h1-2,4H,(H,9,10,11). The molecule has 2 aliphatic heterocycles. The Kier molecular flexibility index (Phi) is 1.52. The minimum absolute atomic E-state index is 0.135. The van der Waals surface area contributed by atoms with Gasteiger partial charge < -0.3 is 5.32 Å². The van der Waals surface area contributed by atoms with Gasteiger partial charge in [0.25, 0.3) is 5.91 Å². The van der Waals surface area contributed by atoms with Crippen molar-refractivity contribution in [3.05, 3.63) is 9.78 Å². The molecule has 1 N–H and O–H groups in total. The van der Waals surface area contributed by atoms with Crippen molar-refractivity contribution in [1.29, 1.82) is 0 Å². The zero-order valence-corrected chi connectivity index (χ0v) is 7.57. The highest BCUT2D eigenvalue weighted by Gasteiger charge is 2.30. The molecule has 11 heavy (non-hydrogen) atoms. The molecule has 1 unspecified atom stereocenters. The van der Waals surface area contributed by atoms with E-state index in [1.807, 2.05) is 0 Å². The Bertz CT molecular complexity index is 305. The molecule has 0 aromatic heterocycles. The van der Waals surface area contributed by atoms with Crippen LogP contribution in [0.1, 0.15) is 0 Å². The van der Waals surface area contributed by atoms with E-state index in [-0.39, 0.29) is 11.9 Å². The quantitative estimate of drug-likeness (QED) is 0.624. The van der Waals surface area contributed by atoms with Gasteiger partial charge in [0.1, 0.15) is 11.8 Å². The molecule has 2 aliphatic rings. The van der Waals surface area contributed by atoms with E-state index in [9.17, 15) is 4.79 Å². The molecule has 5 heteroatoms. The molecule has 0 saturated carbocycles. The van der Waals surface area contributed by atoms with Crippen molar-refractivity contribution < 1.29 is 4.79 Å². The highest BCUT2D eigenvalue weighted by atomic mass is 127. The number of carbonyl (C=O) groups excluding carboxylic acids is 1. The van der Waals surface area contributed by atoms with Gasteiger partial charge in [0, 0.05) is 9.78 Å². The molecule has 2 heterocycles. The number of nitrogens with zero attached hydrogens (tertiary/aromatic N) is 2. The molecule has 0 aliphatic carbocycles. The third kappa shape index (κ3) is 0.991. The Balaban J connectivity index is 2.41. The van der Waals surface area contributed by atoms with E-state index >= 15 is 0 Å². The molecule has 2 rings (SSSR count). The molecule has 0 saturated heterocycles. The largest absolute Gasteiger partial charge is 0.312 e. The number of aliphatic imine (C=N–C) groups is 2. The number of rotatable bonds is 0. The normalized spacial score (nSPS) is 27.4. The predicted molar refractivity (Wildman–Crippen MR) is 50.0 cm³/mol. The van der Waals surface area contributed by atoms with Crippen LogP contribution in [0.25, 0.3) is 0 Å². The molecule has 0 aromatic carbocycles. The van der Waals surface area contributed by atoms with Gasteiger partial charge in [0.15, 0.2) is 0 Å². The van der Waals surface area contributed by atoms with Gasteiger partial charge in [0.2, 0.25) is 0 Å². The highest BCUT2D eigenvalue weighted by molar-refractivity contribution is 14.1. The van der Waals surface area contributed by atoms with Crippen LogP contribution in [0.15, 0.2) is 19.8 Å². The lowest BCUT2D eigenvalue weighted by Crippen LogP contribution is -2.40. The van der Waals surface area contributed by atoms with Crippen LogP contribution in [0.2, 0.25) is 0 Å². The second kappa shape index (κ2) is 2.40. The molecule has 1 atom stereocenters. The monoisotopic (exact) mass is 261 g/mol. The Hall–Kier alpha value is -0.720. The van der Waals surface area contributed by atoms with Gasteiger partial charge in [-0.15, -0.1) is 0 Å². The van der Waals surface area contributed by atoms with E-state index in [2.05, 4.69) is 37.9 Å². The van der Waals surface area contributed by atoms with Crippen LogP contribution in [0.4, 0.5) is 0 Å². The number of carbonyl (C=O) groups is 1. The van der Waals surface area contributed by atoms with Gasteiger partial charge in [-0.25, -0.2) is 0 Å². The zero-order valence-electron chi connectivity index (χ0n) is 5.41. The maximum absolute atomic E-state index is 11.1. The zero-order chi connectivity index (χ0) is 7.84. The minimum Gasteiger partial charge on any atom is -0.312 e. The number of fused-ring (bicyclic) bond motifs is 1. The Labute approximate surface area is 76.6 Å². The predicted octanol–water partition coefficient (Wildman–Crippen LogP) is 0.244. The average molecular weight is 261 g/mol. The van der Waals surface area contributed by atoms with Crippen LogP contribution in [0, 0.1) is 0 Å². The van der Waals surface area contributed by atoms with Gasteiger partial charge in [-0.05, 0) is 22.6 Å². The molecule has 0 radical (unpaired) electrons. The van der Waals surface area contributed by atoms with Crippen LogP contribution >= 0.6 is 22.6 Å². The number of amides is 1. The van der Waals surface area contributed by atoms with Gasteiger partial charge in [-0.3, -0.25) is 14.8 Å². The van der Waals surface area contributed by atoms with Gasteiger partial charge in [0.05, 0.1) is 6.34 Å². The van der Waals surface area contributed by atoms with E-state index in [1.54, 1.807) is 6.20 Å². The molecule has 0 spiro atoms. The summed E-state index contributed by atoms with van der Waals surface area (Å²) in [5, 5.41) is 2.48. The van der Waals surface area contributed by atoms with E-state index in [4.69, 9.17) is 0 Å². The molecular formula is C6H4IN3O. The van der Waals surface area contributed by atoms with Crippen molar-refractivity contribution in [2.24, 2.45) is 9.98 Å². The average Bonchev–Trinajstić information content (AvgIpc) is 2.35. The Morgan fingerprint density at radius 3 is 3.18 bits per heavy atom. The second-order valence-electron chi connectivity index (χ2n) is 2.18. The second-order valence-corrected chi connectivity index (χ2v) is 3.43. The summed E-state index contributed by atoms with van der Waals surface area (Å²) in [6.07, 6.45) is 3.09. The summed E-state index contributed by atoms with van der Waals surface area (Å²) >= 11 is 2.13. The lowest BCUT2D eigenvalue weighted by atomic mass is 10.2. The van der Waals surface area contributed by atoms with Crippen LogP contribution in [-0.4, -0.2) is 24.0 Å². The Morgan fingerprint density at radius 1 is 1.64 bits per heavy atom. The van der Waals surface area contributed by atoms with Crippen molar-refractivity contribution >= 4 is 40.5 Å². The van der Waals surface area contributed by atoms with E-state index in [1.165, 1.54) is 6.34 Å². The first-order chi connectivity index (χ1) is 5.29. The smallest absolute Gasteiger partial charge is 0.273 e. The number of halogens is 1. The maximum Gasteiger partial charge on any atom is 0.273 e. The van der Waals surface area contributed by atoms with Crippen molar-refractivity contribution in [3.63, 3.8) is 0 Å². The molecule has 1 amide bonds. The molecule has 4 nitrogen and oxygen atoms in total. The summed E-state index contributed by atoms with van der Waals surface area (Å²) in [6.45, 7) is 0. The van der Waals surface area contributed by atoms with Crippen molar-refractivity contribution in [2.45, 2.75) is 6.04 Å². The lowest BCUT2D eigenvalue weighted by Gasteiger charge is -2.12. The molecule has 0 aromatic rings. The first-order valence-electron chi connectivity index (χ1n) is 3.05. The number of nitrogens with one attached hydrogen (secondary N) is 1. The van der Waals surface area contributed by atoms with Gasteiger partial charge in [-0.1, -0.05) is 0 Å². The van der Waals surface area contributed by atoms with Crippen LogP contribution in [0.3, 0.4) is 0 Å². The highest BCUT2D eigenvalue weighted by Crippen LogP contribution is 2.23. The van der Waals surface area contributed by atoms with Crippen LogP contribution < -0.4 is 5.32 Å². The van der Waals surface area contributed by atoms with Crippen molar-refractivity contribution in [2.75, 3.05) is 0 Å². The third-order valence-electron chi connectivity index (χ3n) is 1.50. The lowest BCUT2D eigenvalue weighted by molar-refractivity contribution is -0.113. The van der Waals surface area contributed by atoms with E-state index < -0.39 is 0 Å². The first kappa shape index (κ1) is 6.96. The fourth-order valence-corrected chi connectivity index (χ4v) is 1.57. The fourth-order valence-electron chi connectivity index (χ4n) is 0.972.